The topological polar surface area (TPSA) is 37.3 Å². The lowest BCUT2D eigenvalue weighted by atomic mass is 9.98. The van der Waals surface area contributed by atoms with Gasteiger partial charge in [0, 0.05) is 0 Å². The minimum atomic E-state index is -0.890. The molecule has 0 aromatic heterocycles. The summed E-state index contributed by atoms with van der Waals surface area (Å²) in [5.41, 5.74) is 1.12. The van der Waals surface area contributed by atoms with E-state index in [2.05, 4.69) is 0 Å². The molecule has 0 fully saturated rings. The molecule has 0 radical (unpaired) electrons. The van der Waals surface area contributed by atoms with Crippen LogP contribution < -0.4 is 0 Å². The summed E-state index contributed by atoms with van der Waals surface area (Å²) in [6.07, 6.45) is 1.63. The van der Waals surface area contributed by atoms with Gasteiger partial charge < -0.3 is 5.11 Å². The molecule has 0 bridgehead atoms. The Balaban J connectivity index is 2.74. The van der Waals surface area contributed by atoms with Crippen molar-refractivity contribution in [1.29, 1.82) is 0 Å². The van der Waals surface area contributed by atoms with Crippen molar-refractivity contribution in [3.8, 4) is 0 Å². The minimum absolute atomic E-state index is 0.344. The summed E-state index contributed by atoms with van der Waals surface area (Å²) in [6.45, 7) is 1.74. The number of allylic oxidation sites excluding steroid dienone is 1. The van der Waals surface area contributed by atoms with Crippen molar-refractivity contribution in [3.63, 3.8) is 0 Å². The van der Waals surface area contributed by atoms with Crippen LogP contribution in [0.15, 0.2) is 48.5 Å². The van der Waals surface area contributed by atoms with E-state index in [1.807, 2.05) is 42.5 Å². The van der Waals surface area contributed by atoms with E-state index in [9.17, 15) is 4.79 Å². The third kappa shape index (κ3) is 1.70. The number of carbonyl (C=O) groups is 1. The second-order valence-corrected chi connectivity index (χ2v) is 3.53. The number of carboxylic acids is 1. The molecule has 0 aliphatic carbocycles. The van der Waals surface area contributed by atoms with Gasteiger partial charge >= 0.3 is 5.97 Å². The Morgan fingerprint density at radius 3 is 2.50 bits per heavy atom. The highest BCUT2D eigenvalue weighted by atomic mass is 16.4. The van der Waals surface area contributed by atoms with Crippen LogP contribution in [0.4, 0.5) is 0 Å². The van der Waals surface area contributed by atoms with Gasteiger partial charge in [0.05, 0.1) is 5.57 Å². The molecule has 2 aromatic carbocycles. The van der Waals surface area contributed by atoms with Crippen LogP contribution in [0, 0.1) is 0 Å². The molecule has 0 saturated heterocycles. The summed E-state index contributed by atoms with van der Waals surface area (Å²) < 4.78 is 0. The maximum Gasteiger partial charge on any atom is 0.335 e. The van der Waals surface area contributed by atoms with E-state index in [4.69, 9.17) is 5.11 Å². The molecular formula is C14H12O2. The number of aliphatic carboxylic acids is 1. The zero-order chi connectivity index (χ0) is 11.5. The molecule has 2 heteroatoms. The minimum Gasteiger partial charge on any atom is -0.478 e. The first-order valence-electron chi connectivity index (χ1n) is 5.12. The van der Waals surface area contributed by atoms with Gasteiger partial charge in [-0.2, -0.15) is 0 Å². The molecule has 2 rings (SSSR count). The highest BCUT2D eigenvalue weighted by molar-refractivity contribution is 6.19. The first-order valence-corrected chi connectivity index (χ1v) is 5.12. The average molecular weight is 212 g/mol. The molecule has 0 saturated carbocycles. The standard InChI is InChI=1S/C14H12O2/c1-2-11(14(15)16)13-9-5-7-10-6-3-4-8-12(10)13/h2-9H,1H3,(H,15,16)/b11-2+. The molecule has 1 N–H and O–H groups in total. The maximum atomic E-state index is 11.1. The van der Waals surface area contributed by atoms with Crippen molar-refractivity contribution >= 4 is 22.3 Å². The van der Waals surface area contributed by atoms with Gasteiger partial charge in [0.15, 0.2) is 0 Å². The van der Waals surface area contributed by atoms with Crippen LogP contribution in [-0.2, 0) is 4.79 Å². The summed E-state index contributed by atoms with van der Waals surface area (Å²) >= 11 is 0. The Morgan fingerprint density at radius 1 is 1.12 bits per heavy atom. The molecular weight excluding hydrogens is 200 g/mol. The van der Waals surface area contributed by atoms with Gasteiger partial charge in [0.2, 0.25) is 0 Å². The normalized spacial score (nSPS) is 11.7. The van der Waals surface area contributed by atoms with E-state index in [-0.39, 0.29) is 0 Å². The van der Waals surface area contributed by atoms with Crippen LogP contribution in [0.1, 0.15) is 12.5 Å². The smallest absolute Gasteiger partial charge is 0.335 e. The molecule has 80 valence electrons. The highest BCUT2D eigenvalue weighted by Crippen LogP contribution is 2.25. The monoisotopic (exact) mass is 212 g/mol. The molecule has 0 unspecified atom stereocenters. The van der Waals surface area contributed by atoms with Gasteiger partial charge in [-0.1, -0.05) is 48.5 Å². The Hall–Kier alpha value is -2.09. The largest absolute Gasteiger partial charge is 0.478 e. The third-order valence-corrected chi connectivity index (χ3v) is 2.60. The molecule has 2 aromatic rings. The molecule has 16 heavy (non-hydrogen) atoms. The molecule has 0 aliphatic rings. The molecule has 0 amide bonds. The second-order valence-electron chi connectivity index (χ2n) is 3.53. The molecule has 0 atom stereocenters. The second kappa shape index (κ2) is 4.19. The number of carboxylic acid groups (broad SMARTS) is 1. The quantitative estimate of drug-likeness (QED) is 0.775. The Bertz CT molecular complexity index is 562. The molecule has 0 spiro atoms. The van der Waals surface area contributed by atoms with Gasteiger partial charge in [-0.15, -0.1) is 0 Å². The first-order chi connectivity index (χ1) is 7.74. The van der Waals surface area contributed by atoms with Crippen LogP contribution in [0.3, 0.4) is 0 Å². The zero-order valence-corrected chi connectivity index (χ0v) is 8.97. The third-order valence-electron chi connectivity index (χ3n) is 2.60. The Labute approximate surface area is 93.8 Å². The van der Waals surface area contributed by atoms with Crippen molar-refractivity contribution in [1.82, 2.24) is 0 Å². The summed E-state index contributed by atoms with van der Waals surface area (Å²) in [4.78, 5) is 11.1. The Kier molecular flexibility index (Phi) is 2.73. The van der Waals surface area contributed by atoms with Crippen molar-refractivity contribution in [3.05, 3.63) is 54.1 Å². The van der Waals surface area contributed by atoms with Gasteiger partial charge in [-0.3, -0.25) is 0 Å². The fourth-order valence-corrected chi connectivity index (χ4v) is 1.85. The van der Waals surface area contributed by atoms with Crippen LogP contribution >= 0.6 is 0 Å². The van der Waals surface area contributed by atoms with Crippen molar-refractivity contribution in [2.24, 2.45) is 0 Å². The van der Waals surface area contributed by atoms with Crippen molar-refractivity contribution in [2.75, 3.05) is 0 Å². The molecule has 2 nitrogen and oxygen atoms in total. The summed E-state index contributed by atoms with van der Waals surface area (Å²) in [6, 6.07) is 13.5. The SMILES string of the molecule is C/C=C(/C(=O)O)c1cccc2ccccc12. The average Bonchev–Trinajstić information content (AvgIpc) is 2.30. The van der Waals surface area contributed by atoms with E-state index in [1.165, 1.54) is 0 Å². The fourth-order valence-electron chi connectivity index (χ4n) is 1.85. The lowest BCUT2D eigenvalue weighted by Gasteiger charge is -2.06. The van der Waals surface area contributed by atoms with Crippen LogP contribution in [0.2, 0.25) is 0 Å². The van der Waals surface area contributed by atoms with E-state index >= 15 is 0 Å². The summed E-state index contributed by atoms with van der Waals surface area (Å²) in [7, 11) is 0. The number of benzene rings is 2. The summed E-state index contributed by atoms with van der Waals surface area (Å²) in [5.74, 6) is -0.890. The number of hydrogen-bond donors (Lipinski definition) is 1. The van der Waals surface area contributed by atoms with E-state index in [1.54, 1.807) is 13.0 Å². The predicted molar refractivity (Wildman–Crippen MR) is 65.2 cm³/mol. The number of hydrogen-bond acceptors (Lipinski definition) is 1. The van der Waals surface area contributed by atoms with Gasteiger partial charge in [-0.05, 0) is 23.3 Å². The lowest BCUT2D eigenvalue weighted by Crippen LogP contribution is -1.99. The zero-order valence-electron chi connectivity index (χ0n) is 8.97. The highest BCUT2D eigenvalue weighted by Gasteiger charge is 2.11. The molecule has 0 heterocycles. The predicted octanol–water partition coefficient (Wildman–Crippen LogP) is 3.33. The van der Waals surface area contributed by atoms with Crippen LogP contribution in [-0.4, -0.2) is 11.1 Å². The number of rotatable bonds is 2. The number of fused-ring (bicyclic) bond motifs is 1. The van der Waals surface area contributed by atoms with Crippen LogP contribution in [0.5, 0.6) is 0 Å². The first kappa shape index (κ1) is 10.4. The lowest BCUT2D eigenvalue weighted by molar-refractivity contribution is -0.130. The van der Waals surface area contributed by atoms with Crippen molar-refractivity contribution < 1.29 is 9.90 Å². The molecule has 0 aliphatic heterocycles. The van der Waals surface area contributed by atoms with Crippen molar-refractivity contribution in [2.45, 2.75) is 6.92 Å². The van der Waals surface area contributed by atoms with Crippen LogP contribution in [0.25, 0.3) is 16.3 Å². The maximum absolute atomic E-state index is 11.1. The van der Waals surface area contributed by atoms with E-state index in [0.717, 1.165) is 16.3 Å². The fraction of sp³-hybridized carbons (Fsp3) is 0.0714. The van der Waals surface area contributed by atoms with E-state index in [0.29, 0.717) is 5.57 Å². The summed E-state index contributed by atoms with van der Waals surface area (Å²) in [5, 5.41) is 11.1. The Morgan fingerprint density at radius 2 is 1.81 bits per heavy atom. The van der Waals surface area contributed by atoms with Gasteiger partial charge in [0.25, 0.3) is 0 Å². The van der Waals surface area contributed by atoms with Gasteiger partial charge in [-0.25, -0.2) is 4.79 Å². The van der Waals surface area contributed by atoms with E-state index < -0.39 is 5.97 Å². The van der Waals surface area contributed by atoms with Gasteiger partial charge in [0.1, 0.15) is 0 Å².